The monoisotopic (exact) mass is 428 g/mol. The van der Waals surface area contributed by atoms with Crippen LogP contribution in [0.4, 0.5) is 8.78 Å². The van der Waals surface area contributed by atoms with Crippen LogP contribution < -0.4 is 4.18 Å². The summed E-state index contributed by atoms with van der Waals surface area (Å²) in [5.74, 6) is -1.73. The minimum Gasteiger partial charge on any atom is -0.379 e. The number of halogens is 4. The minimum atomic E-state index is -3.83. The molecular formula is C19H12Cl2F2O3S. The molecule has 3 nitrogen and oxygen atoms in total. The predicted octanol–water partition coefficient (Wildman–Crippen LogP) is 5.94. The maximum atomic E-state index is 14.1. The SMILES string of the molecule is CS(=O)(=O)Oc1ccc(-c2ccc(-c3ccc(F)c(Cl)c3)c(Cl)c2)cc1F. The summed E-state index contributed by atoms with van der Waals surface area (Å²) in [5.41, 5.74) is 2.38. The van der Waals surface area contributed by atoms with E-state index in [1.54, 1.807) is 24.3 Å². The van der Waals surface area contributed by atoms with E-state index < -0.39 is 21.8 Å². The van der Waals surface area contributed by atoms with Crippen LogP contribution in [-0.2, 0) is 10.1 Å². The van der Waals surface area contributed by atoms with E-state index in [-0.39, 0.29) is 10.8 Å². The van der Waals surface area contributed by atoms with Gasteiger partial charge in [-0.2, -0.15) is 8.42 Å². The lowest BCUT2D eigenvalue weighted by molar-refractivity contribution is 0.467. The van der Waals surface area contributed by atoms with Gasteiger partial charge in [0.2, 0.25) is 0 Å². The first-order valence-electron chi connectivity index (χ1n) is 7.58. The Kier molecular flexibility index (Phi) is 5.42. The van der Waals surface area contributed by atoms with Crippen LogP contribution in [0.3, 0.4) is 0 Å². The molecule has 0 aromatic heterocycles. The molecule has 0 amide bonds. The van der Waals surface area contributed by atoms with Crippen LogP contribution in [-0.4, -0.2) is 14.7 Å². The Morgan fingerprint density at radius 1 is 0.778 bits per heavy atom. The lowest BCUT2D eigenvalue weighted by Gasteiger charge is -2.10. The molecule has 27 heavy (non-hydrogen) atoms. The Balaban J connectivity index is 1.96. The highest BCUT2D eigenvalue weighted by Crippen LogP contribution is 2.35. The summed E-state index contributed by atoms with van der Waals surface area (Å²) in [6.45, 7) is 0. The van der Waals surface area contributed by atoms with Gasteiger partial charge in [0.25, 0.3) is 0 Å². The second kappa shape index (κ2) is 7.46. The highest BCUT2D eigenvalue weighted by atomic mass is 35.5. The van der Waals surface area contributed by atoms with Crippen LogP contribution in [0.5, 0.6) is 5.75 Å². The molecule has 0 saturated carbocycles. The fraction of sp³-hybridized carbons (Fsp3) is 0.0526. The average molecular weight is 429 g/mol. The third-order valence-electron chi connectivity index (χ3n) is 3.71. The van der Waals surface area contributed by atoms with Gasteiger partial charge in [0.15, 0.2) is 11.6 Å². The summed E-state index contributed by atoms with van der Waals surface area (Å²) >= 11 is 12.1. The third-order valence-corrected chi connectivity index (χ3v) is 4.79. The lowest BCUT2D eigenvalue weighted by atomic mass is 10.00. The molecule has 3 aromatic rings. The van der Waals surface area contributed by atoms with Crippen molar-refractivity contribution in [2.75, 3.05) is 6.26 Å². The normalized spacial score (nSPS) is 11.4. The van der Waals surface area contributed by atoms with E-state index in [9.17, 15) is 17.2 Å². The van der Waals surface area contributed by atoms with E-state index in [4.69, 9.17) is 23.2 Å². The van der Waals surface area contributed by atoms with Gasteiger partial charge in [0.05, 0.1) is 11.3 Å². The highest BCUT2D eigenvalue weighted by Gasteiger charge is 2.13. The Bertz CT molecular complexity index is 1130. The van der Waals surface area contributed by atoms with Crippen LogP contribution in [0.2, 0.25) is 10.0 Å². The molecule has 0 aliphatic carbocycles. The zero-order valence-corrected chi connectivity index (χ0v) is 16.2. The van der Waals surface area contributed by atoms with Gasteiger partial charge in [-0.3, -0.25) is 0 Å². The summed E-state index contributed by atoms with van der Waals surface area (Å²) in [5, 5.41) is 0.350. The molecule has 0 radical (unpaired) electrons. The summed E-state index contributed by atoms with van der Waals surface area (Å²) < 4.78 is 54.3. The van der Waals surface area contributed by atoms with Crippen LogP contribution in [0, 0.1) is 11.6 Å². The third kappa shape index (κ3) is 4.58. The molecule has 0 heterocycles. The maximum Gasteiger partial charge on any atom is 0.306 e. The molecule has 3 aromatic carbocycles. The van der Waals surface area contributed by atoms with Crippen molar-refractivity contribution >= 4 is 33.3 Å². The topological polar surface area (TPSA) is 43.4 Å². The first-order valence-corrected chi connectivity index (χ1v) is 10.2. The van der Waals surface area contributed by atoms with Crippen molar-refractivity contribution in [2.24, 2.45) is 0 Å². The Hall–Kier alpha value is -2.15. The lowest BCUT2D eigenvalue weighted by Crippen LogP contribution is -2.07. The van der Waals surface area contributed by atoms with Gasteiger partial charge in [-0.1, -0.05) is 47.5 Å². The van der Waals surface area contributed by atoms with E-state index >= 15 is 0 Å². The number of benzene rings is 3. The smallest absolute Gasteiger partial charge is 0.306 e. The molecule has 0 bridgehead atoms. The fourth-order valence-electron chi connectivity index (χ4n) is 2.50. The van der Waals surface area contributed by atoms with Crippen molar-refractivity contribution in [2.45, 2.75) is 0 Å². The zero-order chi connectivity index (χ0) is 19.8. The summed E-state index contributed by atoms with van der Waals surface area (Å²) in [7, 11) is -3.83. The van der Waals surface area contributed by atoms with Crippen molar-refractivity contribution in [3.8, 4) is 28.0 Å². The van der Waals surface area contributed by atoms with Gasteiger partial charge in [0, 0.05) is 10.6 Å². The summed E-state index contributed by atoms with van der Waals surface area (Å²) in [4.78, 5) is 0. The minimum absolute atomic E-state index is 0.0174. The maximum absolute atomic E-state index is 14.1. The Morgan fingerprint density at radius 2 is 1.37 bits per heavy atom. The molecular weight excluding hydrogens is 417 g/mol. The molecule has 0 saturated heterocycles. The molecule has 0 unspecified atom stereocenters. The molecule has 0 aliphatic rings. The van der Waals surface area contributed by atoms with Gasteiger partial charge in [-0.25, -0.2) is 8.78 Å². The second-order valence-electron chi connectivity index (χ2n) is 5.76. The fourth-order valence-corrected chi connectivity index (χ4v) is 3.44. The van der Waals surface area contributed by atoms with Crippen molar-refractivity contribution in [3.63, 3.8) is 0 Å². The molecule has 0 spiro atoms. The van der Waals surface area contributed by atoms with Crippen molar-refractivity contribution < 1.29 is 21.4 Å². The van der Waals surface area contributed by atoms with Gasteiger partial charge in [0.1, 0.15) is 5.82 Å². The largest absolute Gasteiger partial charge is 0.379 e. The van der Waals surface area contributed by atoms with E-state index in [0.29, 0.717) is 27.3 Å². The molecule has 0 atom stereocenters. The van der Waals surface area contributed by atoms with E-state index in [2.05, 4.69) is 4.18 Å². The number of rotatable bonds is 4. The van der Waals surface area contributed by atoms with Gasteiger partial charge >= 0.3 is 10.1 Å². The van der Waals surface area contributed by atoms with Gasteiger partial charge < -0.3 is 4.18 Å². The molecule has 0 fully saturated rings. The van der Waals surface area contributed by atoms with Crippen LogP contribution in [0.1, 0.15) is 0 Å². The van der Waals surface area contributed by atoms with E-state index in [1.807, 2.05) is 0 Å². The number of hydrogen-bond acceptors (Lipinski definition) is 3. The predicted molar refractivity (Wildman–Crippen MR) is 103 cm³/mol. The van der Waals surface area contributed by atoms with Crippen LogP contribution in [0.15, 0.2) is 54.6 Å². The molecule has 0 aliphatic heterocycles. The Labute approximate surface area is 165 Å². The quantitative estimate of drug-likeness (QED) is 0.482. The van der Waals surface area contributed by atoms with E-state index in [0.717, 1.165) is 12.3 Å². The van der Waals surface area contributed by atoms with Crippen molar-refractivity contribution in [1.29, 1.82) is 0 Å². The average Bonchev–Trinajstić information content (AvgIpc) is 2.58. The first-order chi connectivity index (χ1) is 12.6. The first kappa shape index (κ1) is 19.6. The second-order valence-corrected chi connectivity index (χ2v) is 8.15. The standard InChI is InChI=1S/C19H12Cl2F2O3S/c1-27(24,25)26-19-7-4-12(10-18(19)23)11-2-5-14(15(20)8-11)13-3-6-17(22)16(21)9-13/h2-10H,1H3. The van der Waals surface area contributed by atoms with Crippen molar-refractivity contribution in [1.82, 2.24) is 0 Å². The summed E-state index contributed by atoms with van der Waals surface area (Å²) in [6, 6.07) is 13.2. The number of hydrogen-bond donors (Lipinski definition) is 0. The van der Waals surface area contributed by atoms with Crippen molar-refractivity contribution in [3.05, 3.63) is 76.3 Å². The molecule has 140 valence electrons. The highest BCUT2D eigenvalue weighted by molar-refractivity contribution is 7.86. The molecule has 0 N–H and O–H groups in total. The molecule has 3 rings (SSSR count). The van der Waals surface area contributed by atoms with E-state index in [1.165, 1.54) is 24.3 Å². The van der Waals surface area contributed by atoms with Crippen LogP contribution >= 0.6 is 23.2 Å². The zero-order valence-electron chi connectivity index (χ0n) is 13.8. The molecule has 8 heteroatoms. The summed E-state index contributed by atoms with van der Waals surface area (Å²) in [6.07, 6.45) is 0.834. The van der Waals surface area contributed by atoms with Gasteiger partial charge in [-0.05, 0) is 47.0 Å². The van der Waals surface area contributed by atoms with Crippen LogP contribution in [0.25, 0.3) is 22.3 Å². The Morgan fingerprint density at radius 3 is 1.96 bits per heavy atom. The van der Waals surface area contributed by atoms with Gasteiger partial charge in [-0.15, -0.1) is 0 Å².